The van der Waals surface area contributed by atoms with Crippen molar-refractivity contribution in [1.82, 2.24) is 0 Å². The van der Waals surface area contributed by atoms with Gasteiger partial charge in [-0.1, -0.05) is 32.9 Å². The minimum Gasteiger partial charge on any atom is -0.324 e. The molecule has 0 aliphatic carbocycles. The first-order valence-corrected chi connectivity index (χ1v) is 6.89. The van der Waals surface area contributed by atoms with Gasteiger partial charge in [0, 0.05) is 16.9 Å². The van der Waals surface area contributed by atoms with Gasteiger partial charge in [-0.3, -0.25) is 10.6 Å². The molecule has 110 valence electrons. The summed E-state index contributed by atoms with van der Waals surface area (Å²) >= 11 is 0. The fourth-order valence-electron chi connectivity index (χ4n) is 1.97. The normalized spacial score (nSPS) is 11.0. The average Bonchev–Trinajstić information content (AvgIpc) is 2.47. The summed E-state index contributed by atoms with van der Waals surface area (Å²) in [5.41, 5.74) is 6.01. The van der Waals surface area contributed by atoms with Gasteiger partial charge in [0.2, 0.25) is 0 Å². The van der Waals surface area contributed by atoms with Crippen LogP contribution in [0.5, 0.6) is 0 Å². The lowest BCUT2D eigenvalue weighted by atomic mass is 9.87. The molecular weight excluding hydrogens is 262 g/mol. The van der Waals surface area contributed by atoms with Crippen LogP contribution in [-0.4, -0.2) is 5.91 Å². The van der Waals surface area contributed by atoms with Crippen LogP contribution in [0.1, 0.15) is 36.7 Å². The van der Waals surface area contributed by atoms with E-state index < -0.39 is 0 Å². The van der Waals surface area contributed by atoms with E-state index >= 15 is 0 Å². The van der Waals surface area contributed by atoms with Crippen molar-refractivity contribution in [2.24, 2.45) is 5.84 Å². The highest BCUT2D eigenvalue weighted by molar-refractivity contribution is 6.04. The molecule has 2 aromatic carbocycles. The number of carbonyl (C=O) groups excluding carboxylic acids is 1. The standard InChI is InChI=1S/C17H21N3O/c1-17(2,3)13-6-10-14(11-7-13)19-16(21)12-4-8-15(20-18)9-5-12/h4-11,20H,18H2,1-3H3,(H,19,21). The molecule has 0 aliphatic heterocycles. The second-order valence-electron chi connectivity index (χ2n) is 6.00. The zero-order valence-electron chi connectivity index (χ0n) is 12.6. The Hall–Kier alpha value is -2.33. The number of carbonyl (C=O) groups is 1. The van der Waals surface area contributed by atoms with Crippen LogP contribution in [0.15, 0.2) is 48.5 Å². The third-order valence-corrected chi connectivity index (χ3v) is 3.32. The number of nitrogens with one attached hydrogen (secondary N) is 2. The van der Waals surface area contributed by atoms with Crippen molar-refractivity contribution < 1.29 is 4.79 Å². The highest BCUT2D eigenvalue weighted by Gasteiger charge is 2.13. The molecule has 0 heterocycles. The van der Waals surface area contributed by atoms with Crippen molar-refractivity contribution >= 4 is 17.3 Å². The van der Waals surface area contributed by atoms with Gasteiger partial charge in [-0.05, 0) is 47.4 Å². The first-order chi connectivity index (χ1) is 9.90. The summed E-state index contributed by atoms with van der Waals surface area (Å²) in [5, 5.41) is 2.88. The highest BCUT2D eigenvalue weighted by atomic mass is 16.1. The Kier molecular flexibility index (Phi) is 4.29. The Labute approximate surface area is 125 Å². The lowest BCUT2D eigenvalue weighted by molar-refractivity contribution is 0.102. The van der Waals surface area contributed by atoms with Crippen molar-refractivity contribution in [3.63, 3.8) is 0 Å². The molecule has 0 unspecified atom stereocenters. The monoisotopic (exact) mass is 283 g/mol. The second kappa shape index (κ2) is 5.97. The van der Waals surface area contributed by atoms with E-state index in [2.05, 4.69) is 31.5 Å². The fourth-order valence-corrected chi connectivity index (χ4v) is 1.97. The van der Waals surface area contributed by atoms with Crippen molar-refractivity contribution in [3.05, 3.63) is 59.7 Å². The molecule has 4 N–H and O–H groups in total. The maximum Gasteiger partial charge on any atom is 0.255 e. The minimum absolute atomic E-state index is 0.105. The van der Waals surface area contributed by atoms with Gasteiger partial charge in [0.15, 0.2) is 0 Å². The van der Waals surface area contributed by atoms with Crippen LogP contribution >= 0.6 is 0 Å². The Morgan fingerprint density at radius 2 is 1.43 bits per heavy atom. The van der Waals surface area contributed by atoms with Crippen LogP contribution in [0, 0.1) is 0 Å². The number of amides is 1. The van der Waals surface area contributed by atoms with E-state index in [0.29, 0.717) is 5.56 Å². The Morgan fingerprint density at radius 1 is 0.905 bits per heavy atom. The number of rotatable bonds is 3. The lowest BCUT2D eigenvalue weighted by Gasteiger charge is -2.19. The Balaban J connectivity index is 2.08. The Morgan fingerprint density at radius 3 is 1.90 bits per heavy atom. The molecule has 0 saturated heterocycles. The van der Waals surface area contributed by atoms with E-state index in [1.54, 1.807) is 24.3 Å². The fraction of sp³-hybridized carbons (Fsp3) is 0.235. The first-order valence-electron chi connectivity index (χ1n) is 6.89. The van der Waals surface area contributed by atoms with Gasteiger partial charge in [0.05, 0.1) is 0 Å². The maximum atomic E-state index is 12.1. The molecule has 21 heavy (non-hydrogen) atoms. The first kappa shape index (κ1) is 15.1. The predicted octanol–water partition coefficient (Wildman–Crippen LogP) is 3.52. The Bertz CT molecular complexity index is 610. The van der Waals surface area contributed by atoms with E-state index in [1.165, 1.54) is 5.56 Å². The lowest BCUT2D eigenvalue weighted by Crippen LogP contribution is -2.14. The van der Waals surface area contributed by atoms with Gasteiger partial charge in [-0.25, -0.2) is 0 Å². The molecule has 0 aromatic heterocycles. The summed E-state index contributed by atoms with van der Waals surface area (Å²) in [5.74, 6) is 5.16. The van der Waals surface area contributed by atoms with Gasteiger partial charge in [0.1, 0.15) is 0 Å². The highest BCUT2D eigenvalue weighted by Crippen LogP contribution is 2.23. The number of benzene rings is 2. The largest absolute Gasteiger partial charge is 0.324 e. The van der Waals surface area contributed by atoms with Gasteiger partial charge < -0.3 is 10.7 Å². The van der Waals surface area contributed by atoms with Gasteiger partial charge in [-0.2, -0.15) is 0 Å². The molecule has 2 aromatic rings. The predicted molar refractivity (Wildman–Crippen MR) is 87.3 cm³/mol. The van der Waals surface area contributed by atoms with E-state index in [9.17, 15) is 4.79 Å². The molecule has 0 bridgehead atoms. The summed E-state index contributed by atoms with van der Waals surface area (Å²) in [6.07, 6.45) is 0. The molecule has 0 atom stereocenters. The number of hydrogen-bond donors (Lipinski definition) is 3. The number of nitrogens with two attached hydrogens (primary N) is 1. The molecule has 4 nitrogen and oxygen atoms in total. The molecule has 0 aliphatic rings. The molecular formula is C17H21N3O. The van der Waals surface area contributed by atoms with Gasteiger partial charge >= 0.3 is 0 Å². The summed E-state index contributed by atoms with van der Waals surface area (Å²) in [4.78, 5) is 12.1. The third-order valence-electron chi connectivity index (χ3n) is 3.32. The second-order valence-corrected chi connectivity index (χ2v) is 6.00. The molecule has 0 spiro atoms. The zero-order chi connectivity index (χ0) is 15.5. The van der Waals surface area contributed by atoms with Crippen LogP contribution in [0.25, 0.3) is 0 Å². The van der Waals surface area contributed by atoms with E-state index in [0.717, 1.165) is 11.4 Å². The average molecular weight is 283 g/mol. The summed E-state index contributed by atoms with van der Waals surface area (Å²) in [7, 11) is 0. The quantitative estimate of drug-likeness (QED) is 0.596. The van der Waals surface area contributed by atoms with E-state index in [4.69, 9.17) is 5.84 Å². The van der Waals surface area contributed by atoms with Crippen LogP contribution in [0.3, 0.4) is 0 Å². The van der Waals surface area contributed by atoms with Crippen LogP contribution in [0.2, 0.25) is 0 Å². The third kappa shape index (κ3) is 3.83. The smallest absolute Gasteiger partial charge is 0.255 e. The molecule has 1 amide bonds. The topological polar surface area (TPSA) is 67.2 Å². The van der Waals surface area contributed by atoms with Crippen LogP contribution in [-0.2, 0) is 5.41 Å². The SMILES string of the molecule is CC(C)(C)c1ccc(NC(=O)c2ccc(NN)cc2)cc1. The van der Waals surface area contributed by atoms with Gasteiger partial charge in [0.25, 0.3) is 5.91 Å². The molecule has 0 radical (unpaired) electrons. The molecule has 4 heteroatoms. The number of nitrogen functional groups attached to an aromatic ring is 1. The van der Waals surface area contributed by atoms with Crippen LogP contribution < -0.4 is 16.6 Å². The van der Waals surface area contributed by atoms with Crippen molar-refractivity contribution in [1.29, 1.82) is 0 Å². The molecule has 0 saturated carbocycles. The summed E-state index contributed by atoms with van der Waals surface area (Å²) < 4.78 is 0. The van der Waals surface area contributed by atoms with E-state index in [1.807, 2.05) is 24.3 Å². The maximum absolute atomic E-state index is 12.1. The number of hydrogen-bond acceptors (Lipinski definition) is 3. The number of hydrazine groups is 1. The molecule has 0 fully saturated rings. The summed E-state index contributed by atoms with van der Waals surface area (Å²) in [6, 6.07) is 14.9. The minimum atomic E-state index is -0.137. The molecule has 2 rings (SSSR count). The van der Waals surface area contributed by atoms with E-state index in [-0.39, 0.29) is 11.3 Å². The van der Waals surface area contributed by atoms with Crippen molar-refractivity contribution in [2.75, 3.05) is 10.7 Å². The van der Waals surface area contributed by atoms with Gasteiger partial charge in [-0.15, -0.1) is 0 Å². The summed E-state index contributed by atoms with van der Waals surface area (Å²) in [6.45, 7) is 6.48. The van der Waals surface area contributed by atoms with Crippen molar-refractivity contribution in [2.45, 2.75) is 26.2 Å². The number of anilines is 2. The van der Waals surface area contributed by atoms with Crippen molar-refractivity contribution in [3.8, 4) is 0 Å². The zero-order valence-corrected chi connectivity index (χ0v) is 12.6. The van der Waals surface area contributed by atoms with Crippen LogP contribution in [0.4, 0.5) is 11.4 Å².